The molecular formula is C12H16F2N2. The Bertz CT molecular complexity index is 361. The van der Waals surface area contributed by atoms with Gasteiger partial charge in [0.05, 0.1) is 0 Å². The van der Waals surface area contributed by atoms with Gasteiger partial charge in [0.1, 0.15) is 11.6 Å². The highest BCUT2D eigenvalue weighted by molar-refractivity contribution is 5.23. The number of nitrogens with zero attached hydrogens (tertiary/aromatic N) is 1. The lowest BCUT2D eigenvalue weighted by molar-refractivity contribution is 0.248. The van der Waals surface area contributed by atoms with Gasteiger partial charge in [-0.3, -0.25) is 4.90 Å². The SMILES string of the molecule is CC(c1c(F)cccc1F)N1CCC(N)C1. The Hall–Kier alpha value is -1.00. The maximum atomic E-state index is 13.6. The quantitative estimate of drug-likeness (QED) is 0.836. The lowest BCUT2D eigenvalue weighted by atomic mass is 10.1. The lowest BCUT2D eigenvalue weighted by Crippen LogP contribution is -2.29. The molecule has 2 N–H and O–H groups in total. The van der Waals surface area contributed by atoms with Crippen LogP contribution in [0.1, 0.15) is 24.9 Å². The largest absolute Gasteiger partial charge is 0.326 e. The fraction of sp³-hybridized carbons (Fsp3) is 0.500. The predicted octanol–water partition coefficient (Wildman–Crippen LogP) is 2.06. The Kier molecular flexibility index (Phi) is 3.21. The summed E-state index contributed by atoms with van der Waals surface area (Å²) in [5.41, 5.74) is 5.94. The van der Waals surface area contributed by atoms with Gasteiger partial charge in [-0.05, 0) is 25.5 Å². The summed E-state index contributed by atoms with van der Waals surface area (Å²) in [6.45, 7) is 3.32. The molecule has 1 saturated heterocycles. The van der Waals surface area contributed by atoms with Gasteiger partial charge in [0.2, 0.25) is 0 Å². The van der Waals surface area contributed by atoms with Crippen LogP contribution in [0.4, 0.5) is 8.78 Å². The molecule has 1 aliphatic heterocycles. The molecule has 0 aromatic heterocycles. The summed E-state index contributed by atoms with van der Waals surface area (Å²) in [5, 5.41) is 0. The zero-order valence-electron chi connectivity index (χ0n) is 9.29. The van der Waals surface area contributed by atoms with E-state index in [0.29, 0.717) is 6.54 Å². The van der Waals surface area contributed by atoms with Crippen LogP contribution in [0.2, 0.25) is 0 Å². The first kappa shape index (κ1) is 11.5. The minimum absolute atomic E-state index is 0.122. The van der Waals surface area contributed by atoms with Crippen LogP contribution in [-0.2, 0) is 0 Å². The van der Waals surface area contributed by atoms with Crippen LogP contribution in [0, 0.1) is 11.6 Å². The molecule has 0 amide bonds. The Balaban J connectivity index is 2.23. The third-order valence-electron chi connectivity index (χ3n) is 3.22. The minimum Gasteiger partial charge on any atom is -0.326 e. The van der Waals surface area contributed by atoms with Gasteiger partial charge in [-0.1, -0.05) is 6.07 Å². The Morgan fingerprint density at radius 3 is 2.50 bits per heavy atom. The van der Waals surface area contributed by atoms with Crippen LogP contribution in [-0.4, -0.2) is 24.0 Å². The molecule has 0 bridgehead atoms. The van der Waals surface area contributed by atoms with E-state index in [1.807, 2.05) is 11.8 Å². The van der Waals surface area contributed by atoms with Crippen LogP contribution in [0.5, 0.6) is 0 Å². The monoisotopic (exact) mass is 226 g/mol. The Labute approximate surface area is 94.0 Å². The van der Waals surface area contributed by atoms with Crippen molar-refractivity contribution in [2.45, 2.75) is 25.4 Å². The summed E-state index contributed by atoms with van der Waals surface area (Å²) >= 11 is 0. The van der Waals surface area contributed by atoms with Crippen molar-refractivity contribution in [2.24, 2.45) is 5.73 Å². The van der Waals surface area contributed by atoms with E-state index < -0.39 is 11.6 Å². The molecule has 1 aromatic rings. The highest BCUT2D eigenvalue weighted by Gasteiger charge is 2.27. The van der Waals surface area contributed by atoms with Gasteiger partial charge in [-0.15, -0.1) is 0 Å². The molecule has 2 nitrogen and oxygen atoms in total. The van der Waals surface area contributed by atoms with Gasteiger partial charge < -0.3 is 5.73 Å². The molecule has 2 rings (SSSR count). The number of rotatable bonds is 2. The summed E-state index contributed by atoms with van der Waals surface area (Å²) in [4.78, 5) is 2.02. The van der Waals surface area contributed by atoms with Crippen LogP contribution >= 0.6 is 0 Å². The van der Waals surface area contributed by atoms with E-state index in [2.05, 4.69) is 0 Å². The summed E-state index contributed by atoms with van der Waals surface area (Å²) < 4.78 is 27.1. The minimum atomic E-state index is -0.479. The van der Waals surface area contributed by atoms with E-state index in [-0.39, 0.29) is 17.6 Å². The van der Waals surface area contributed by atoms with E-state index in [9.17, 15) is 8.78 Å². The molecule has 2 unspecified atom stereocenters. The van der Waals surface area contributed by atoms with E-state index in [1.165, 1.54) is 18.2 Å². The number of likely N-dealkylation sites (tertiary alicyclic amines) is 1. The van der Waals surface area contributed by atoms with Gasteiger partial charge in [0.25, 0.3) is 0 Å². The maximum absolute atomic E-state index is 13.6. The molecule has 0 radical (unpaired) electrons. The number of halogens is 2. The molecule has 1 aromatic carbocycles. The highest BCUT2D eigenvalue weighted by atomic mass is 19.1. The van der Waals surface area contributed by atoms with E-state index in [0.717, 1.165) is 13.0 Å². The highest BCUT2D eigenvalue weighted by Crippen LogP contribution is 2.28. The Morgan fingerprint density at radius 2 is 2.00 bits per heavy atom. The fourth-order valence-electron chi connectivity index (χ4n) is 2.26. The average Bonchev–Trinajstić information content (AvgIpc) is 2.64. The third-order valence-corrected chi connectivity index (χ3v) is 3.22. The number of hydrogen-bond acceptors (Lipinski definition) is 2. The van der Waals surface area contributed by atoms with E-state index >= 15 is 0 Å². The average molecular weight is 226 g/mol. The van der Waals surface area contributed by atoms with Gasteiger partial charge in [0, 0.05) is 30.7 Å². The molecule has 1 aliphatic rings. The fourth-order valence-corrected chi connectivity index (χ4v) is 2.26. The summed E-state index contributed by atoms with van der Waals surface area (Å²) in [5.74, 6) is -0.957. The first-order chi connectivity index (χ1) is 7.59. The topological polar surface area (TPSA) is 29.3 Å². The molecule has 1 heterocycles. The molecule has 16 heavy (non-hydrogen) atoms. The number of nitrogens with two attached hydrogens (primary N) is 1. The molecule has 4 heteroatoms. The van der Waals surface area contributed by atoms with Crippen molar-refractivity contribution in [3.63, 3.8) is 0 Å². The van der Waals surface area contributed by atoms with Crippen molar-refractivity contribution in [3.8, 4) is 0 Å². The van der Waals surface area contributed by atoms with Crippen molar-refractivity contribution in [1.82, 2.24) is 4.90 Å². The van der Waals surface area contributed by atoms with Gasteiger partial charge >= 0.3 is 0 Å². The van der Waals surface area contributed by atoms with E-state index in [1.54, 1.807) is 0 Å². The maximum Gasteiger partial charge on any atom is 0.130 e. The van der Waals surface area contributed by atoms with Crippen LogP contribution < -0.4 is 5.73 Å². The van der Waals surface area contributed by atoms with Gasteiger partial charge in [0.15, 0.2) is 0 Å². The summed E-state index contributed by atoms with van der Waals surface area (Å²) in [7, 11) is 0. The molecule has 88 valence electrons. The normalized spacial score (nSPS) is 23.6. The molecule has 1 fully saturated rings. The number of benzene rings is 1. The molecule has 0 saturated carbocycles. The Morgan fingerprint density at radius 1 is 1.38 bits per heavy atom. The lowest BCUT2D eigenvalue weighted by Gasteiger charge is -2.25. The third kappa shape index (κ3) is 2.08. The zero-order chi connectivity index (χ0) is 11.7. The second-order valence-corrected chi connectivity index (χ2v) is 4.35. The first-order valence-corrected chi connectivity index (χ1v) is 5.53. The van der Waals surface area contributed by atoms with Gasteiger partial charge in [-0.2, -0.15) is 0 Å². The van der Waals surface area contributed by atoms with Gasteiger partial charge in [-0.25, -0.2) is 8.78 Å². The predicted molar refractivity (Wildman–Crippen MR) is 58.9 cm³/mol. The van der Waals surface area contributed by atoms with Crippen LogP contribution in [0.15, 0.2) is 18.2 Å². The van der Waals surface area contributed by atoms with Crippen molar-refractivity contribution in [1.29, 1.82) is 0 Å². The van der Waals surface area contributed by atoms with E-state index in [4.69, 9.17) is 5.73 Å². The van der Waals surface area contributed by atoms with Crippen LogP contribution in [0.25, 0.3) is 0 Å². The molecule has 0 aliphatic carbocycles. The summed E-state index contributed by atoms with van der Waals surface area (Å²) in [6.07, 6.45) is 0.889. The first-order valence-electron chi connectivity index (χ1n) is 5.53. The smallest absolute Gasteiger partial charge is 0.130 e. The zero-order valence-corrected chi connectivity index (χ0v) is 9.29. The standard InChI is InChI=1S/C12H16F2N2/c1-8(16-6-5-9(15)7-16)12-10(13)3-2-4-11(12)14/h2-4,8-9H,5-7,15H2,1H3. The van der Waals surface area contributed by atoms with Crippen molar-refractivity contribution in [2.75, 3.05) is 13.1 Å². The number of hydrogen-bond donors (Lipinski definition) is 1. The van der Waals surface area contributed by atoms with Crippen LogP contribution in [0.3, 0.4) is 0 Å². The van der Waals surface area contributed by atoms with Crippen molar-refractivity contribution in [3.05, 3.63) is 35.4 Å². The molecule has 0 spiro atoms. The second-order valence-electron chi connectivity index (χ2n) is 4.35. The second kappa shape index (κ2) is 4.47. The van der Waals surface area contributed by atoms with Crippen molar-refractivity contribution >= 4 is 0 Å². The summed E-state index contributed by atoms with van der Waals surface area (Å²) in [6, 6.07) is 3.85. The van der Waals surface area contributed by atoms with Crippen molar-refractivity contribution < 1.29 is 8.78 Å². The molecular weight excluding hydrogens is 210 g/mol. The molecule has 2 atom stereocenters.